The van der Waals surface area contributed by atoms with Crippen LogP contribution in [0.25, 0.3) is 0 Å². The Morgan fingerprint density at radius 1 is 1.30 bits per heavy atom. The van der Waals surface area contributed by atoms with Crippen molar-refractivity contribution in [3.8, 4) is 0 Å². The van der Waals surface area contributed by atoms with E-state index in [2.05, 4.69) is 15.4 Å². The van der Waals surface area contributed by atoms with Gasteiger partial charge < -0.3 is 10.6 Å². The number of carbonyl (C=O) groups is 1. The minimum absolute atomic E-state index is 0.166. The molecular weight excluding hydrogens is 278 g/mol. The number of sulfonamides is 1. The van der Waals surface area contributed by atoms with Crippen LogP contribution in [0.2, 0.25) is 0 Å². The summed E-state index contributed by atoms with van der Waals surface area (Å²) in [6.07, 6.45) is 0.947. The second-order valence-corrected chi connectivity index (χ2v) is 6.27. The van der Waals surface area contributed by atoms with E-state index in [1.165, 1.54) is 13.1 Å². The van der Waals surface area contributed by atoms with Crippen molar-refractivity contribution >= 4 is 21.6 Å². The monoisotopic (exact) mass is 299 g/mol. The number of aryl methyl sites for hydroxylation is 1. The summed E-state index contributed by atoms with van der Waals surface area (Å²) in [6, 6.07) is 4.81. The highest BCUT2D eigenvalue weighted by atomic mass is 32.2. The van der Waals surface area contributed by atoms with Gasteiger partial charge in [0, 0.05) is 5.69 Å². The maximum absolute atomic E-state index is 11.8. The largest absolute Gasteiger partial charge is 0.325 e. The third-order valence-corrected chi connectivity index (χ3v) is 4.30. The fourth-order valence-electron chi connectivity index (χ4n) is 1.66. The van der Waals surface area contributed by atoms with E-state index in [0.717, 1.165) is 13.0 Å². The van der Waals surface area contributed by atoms with E-state index >= 15 is 0 Å². The number of carbonyl (C=O) groups excluding carboxylic acids is 1. The van der Waals surface area contributed by atoms with E-state index < -0.39 is 10.0 Å². The molecule has 0 spiro atoms. The average molecular weight is 299 g/mol. The molecule has 0 heterocycles. The number of nitrogens with one attached hydrogen (secondary N) is 3. The maximum Gasteiger partial charge on any atom is 0.240 e. The van der Waals surface area contributed by atoms with Gasteiger partial charge in [0.2, 0.25) is 15.9 Å². The second kappa shape index (κ2) is 7.37. The van der Waals surface area contributed by atoms with Crippen LogP contribution in [0.15, 0.2) is 23.1 Å². The van der Waals surface area contributed by atoms with Gasteiger partial charge in [-0.2, -0.15) is 0 Å². The topological polar surface area (TPSA) is 87.3 Å². The van der Waals surface area contributed by atoms with Crippen LogP contribution in [0, 0.1) is 6.92 Å². The first kappa shape index (κ1) is 16.6. The Hall–Kier alpha value is -1.44. The zero-order valence-corrected chi connectivity index (χ0v) is 12.8. The Labute approximate surface area is 120 Å². The molecule has 1 rings (SSSR count). The molecule has 0 aliphatic heterocycles. The second-order valence-electron chi connectivity index (χ2n) is 4.41. The van der Waals surface area contributed by atoms with Gasteiger partial charge in [-0.1, -0.05) is 13.0 Å². The number of amides is 1. The van der Waals surface area contributed by atoms with E-state index in [0.29, 0.717) is 11.3 Å². The SMILES string of the molecule is CCCNCC(=O)Nc1ccc(C)c(S(=O)(=O)NC)c1. The molecular formula is C13H21N3O3S. The van der Waals surface area contributed by atoms with E-state index in [9.17, 15) is 13.2 Å². The van der Waals surface area contributed by atoms with Crippen LogP contribution in [0.4, 0.5) is 5.69 Å². The van der Waals surface area contributed by atoms with Crippen molar-refractivity contribution in [2.75, 3.05) is 25.5 Å². The number of benzene rings is 1. The fourth-order valence-corrected chi connectivity index (χ4v) is 2.66. The summed E-state index contributed by atoms with van der Waals surface area (Å²) in [4.78, 5) is 11.8. The first-order valence-electron chi connectivity index (χ1n) is 6.45. The summed E-state index contributed by atoms with van der Waals surface area (Å²) in [5.74, 6) is -0.199. The molecule has 0 radical (unpaired) electrons. The van der Waals surface area contributed by atoms with Crippen molar-refractivity contribution in [3.05, 3.63) is 23.8 Å². The molecule has 3 N–H and O–H groups in total. The van der Waals surface area contributed by atoms with Crippen LogP contribution in [0.1, 0.15) is 18.9 Å². The summed E-state index contributed by atoms with van der Waals surface area (Å²) in [5, 5.41) is 5.65. The van der Waals surface area contributed by atoms with Gasteiger partial charge in [0.15, 0.2) is 0 Å². The Morgan fingerprint density at radius 2 is 2.00 bits per heavy atom. The van der Waals surface area contributed by atoms with Crippen molar-refractivity contribution in [3.63, 3.8) is 0 Å². The third kappa shape index (κ3) is 4.59. The highest BCUT2D eigenvalue weighted by Gasteiger charge is 2.15. The lowest BCUT2D eigenvalue weighted by atomic mass is 10.2. The maximum atomic E-state index is 11.8. The van der Waals surface area contributed by atoms with Crippen LogP contribution in [-0.4, -0.2) is 34.5 Å². The number of hydrogen-bond donors (Lipinski definition) is 3. The molecule has 6 nitrogen and oxygen atoms in total. The van der Waals surface area contributed by atoms with Crippen LogP contribution in [0.5, 0.6) is 0 Å². The summed E-state index contributed by atoms with van der Waals surface area (Å²) < 4.78 is 25.9. The molecule has 0 aromatic heterocycles. The Morgan fingerprint density at radius 3 is 2.60 bits per heavy atom. The van der Waals surface area contributed by atoms with Crippen molar-refractivity contribution in [2.45, 2.75) is 25.2 Å². The van der Waals surface area contributed by atoms with Crippen molar-refractivity contribution in [2.24, 2.45) is 0 Å². The van der Waals surface area contributed by atoms with Gasteiger partial charge in [-0.05, 0) is 44.6 Å². The molecule has 112 valence electrons. The summed E-state index contributed by atoms with van der Waals surface area (Å²) in [7, 11) is -2.17. The lowest BCUT2D eigenvalue weighted by Gasteiger charge is -2.10. The van der Waals surface area contributed by atoms with Gasteiger partial charge in [-0.15, -0.1) is 0 Å². The van der Waals surface area contributed by atoms with Crippen LogP contribution in [-0.2, 0) is 14.8 Å². The standard InChI is InChI=1S/C13H21N3O3S/c1-4-7-15-9-13(17)16-11-6-5-10(2)12(8-11)20(18,19)14-3/h5-6,8,14-15H,4,7,9H2,1-3H3,(H,16,17). The molecule has 20 heavy (non-hydrogen) atoms. The van der Waals surface area contributed by atoms with E-state index in [4.69, 9.17) is 0 Å². The molecule has 0 atom stereocenters. The molecule has 0 bridgehead atoms. The number of hydrogen-bond acceptors (Lipinski definition) is 4. The molecule has 7 heteroatoms. The lowest BCUT2D eigenvalue weighted by Crippen LogP contribution is -2.28. The molecule has 0 unspecified atom stereocenters. The van der Waals surface area contributed by atoms with E-state index in [1.807, 2.05) is 6.92 Å². The predicted octanol–water partition coefficient (Wildman–Crippen LogP) is 0.841. The third-order valence-electron chi connectivity index (χ3n) is 2.74. The fraction of sp³-hybridized carbons (Fsp3) is 0.462. The van der Waals surface area contributed by atoms with Gasteiger partial charge in [-0.25, -0.2) is 13.1 Å². The van der Waals surface area contributed by atoms with E-state index in [-0.39, 0.29) is 17.3 Å². The van der Waals surface area contributed by atoms with Crippen molar-refractivity contribution in [1.82, 2.24) is 10.0 Å². The van der Waals surface area contributed by atoms with Crippen LogP contribution in [0.3, 0.4) is 0 Å². The molecule has 0 fully saturated rings. The Balaban J connectivity index is 2.83. The quantitative estimate of drug-likeness (QED) is 0.651. The molecule has 0 saturated heterocycles. The smallest absolute Gasteiger partial charge is 0.240 e. The summed E-state index contributed by atoms with van der Waals surface area (Å²) >= 11 is 0. The zero-order chi connectivity index (χ0) is 15.2. The highest BCUT2D eigenvalue weighted by Crippen LogP contribution is 2.19. The van der Waals surface area contributed by atoms with Crippen LogP contribution < -0.4 is 15.4 Å². The summed E-state index contributed by atoms with van der Waals surface area (Å²) in [5.41, 5.74) is 1.09. The Kier molecular flexibility index (Phi) is 6.12. The molecule has 1 amide bonds. The van der Waals surface area contributed by atoms with Gasteiger partial charge >= 0.3 is 0 Å². The molecule has 1 aromatic carbocycles. The highest BCUT2D eigenvalue weighted by molar-refractivity contribution is 7.89. The normalized spacial score (nSPS) is 11.3. The molecule has 0 aliphatic carbocycles. The molecule has 0 saturated carbocycles. The summed E-state index contributed by atoms with van der Waals surface area (Å²) in [6.45, 7) is 4.69. The molecule has 1 aromatic rings. The first-order valence-corrected chi connectivity index (χ1v) is 7.93. The lowest BCUT2D eigenvalue weighted by molar-refractivity contribution is -0.115. The van der Waals surface area contributed by atoms with Crippen molar-refractivity contribution in [1.29, 1.82) is 0 Å². The number of rotatable bonds is 7. The van der Waals surface area contributed by atoms with Gasteiger partial charge in [-0.3, -0.25) is 4.79 Å². The minimum Gasteiger partial charge on any atom is -0.325 e. The number of anilines is 1. The minimum atomic E-state index is -3.52. The predicted molar refractivity (Wildman–Crippen MR) is 79.2 cm³/mol. The van der Waals surface area contributed by atoms with E-state index in [1.54, 1.807) is 19.1 Å². The first-order chi connectivity index (χ1) is 9.40. The van der Waals surface area contributed by atoms with Gasteiger partial charge in [0.05, 0.1) is 11.4 Å². The zero-order valence-electron chi connectivity index (χ0n) is 12.0. The molecule has 0 aliphatic rings. The van der Waals surface area contributed by atoms with Gasteiger partial charge in [0.1, 0.15) is 0 Å². The average Bonchev–Trinajstić information content (AvgIpc) is 2.41. The van der Waals surface area contributed by atoms with Gasteiger partial charge in [0.25, 0.3) is 0 Å². The van der Waals surface area contributed by atoms with Crippen molar-refractivity contribution < 1.29 is 13.2 Å². The Bertz CT molecular complexity index is 570. The van der Waals surface area contributed by atoms with Crippen LogP contribution >= 0.6 is 0 Å².